The van der Waals surface area contributed by atoms with E-state index in [0.717, 1.165) is 48.3 Å². The van der Waals surface area contributed by atoms with E-state index in [9.17, 15) is 5.26 Å². The Labute approximate surface area is 154 Å². The first kappa shape index (κ1) is 17.9. The lowest BCUT2D eigenvalue weighted by molar-refractivity contribution is 0.397. The molecule has 0 amide bonds. The summed E-state index contributed by atoms with van der Waals surface area (Å²) in [5.74, 6) is 0.884. The van der Waals surface area contributed by atoms with Crippen molar-refractivity contribution in [2.45, 2.75) is 32.6 Å². The van der Waals surface area contributed by atoms with E-state index in [1.165, 1.54) is 0 Å². The lowest BCUT2D eigenvalue weighted by atomic mass is 9.94. The third-order valence-electron chi connectivity index (χ3n) is 4.69. The first-order valence-corrected chi connectivity index (χ1v) is 8.79. The van der Waals surface area contributed by atoms with Crippen LogP contribution in [0.5, 0.6) is 0 Å². The highest BCUT2D eigenvalue weighted by Crippen LogP contribution is 2.34. The van der Waals surface area contributed by atoms with Crippen LogP contribution in [0.1, 0.15) is 41.3 Å². The molecular weight excluding hydrogens is 328 g/mol. The van der Waals surface area contributed by atoms with Crippen molar-refractivity contribution in [2.75, 3.05) is 32.1 Å². The van der Waals surface area contributed by atoms with Crippen LogP contribution in [0.25, 0.3) is 0 Å². The van der Waals surface area contributed by atoms with Gasteiger partial charge in [-0.2, -0.15) is 10.3 Å². The molecule has 136 valence electrons. The number of hydrogen-bond acceptors (Lipinski definition) is 6. The van der Waals surface area contributed by atoms with Gasteiger partial charge >= 0.3 is 6.01 Å². The summed E-state index contributed by atoms with van der Waals surface area (Å²) >= 11 is 0. The Balaban J connectivity index is 1.71. The Kier molecular flexibility index (Phi) is 5.21. The van der Waals surface area contributed by atoms with Gasteiger partial charge in [-0.3, -0.25) is 0 Å². The van der Waals surface area contributed by atoms with Gasteiger partial charge in [0.25, 0.3) is 0 Å². The fraction of sp³-hybridized carbons (Fsp3) is 0.474. The number of hydrogen-bond donors (Lipinski definition) is 0. The minimum Gasteiger partial charge on any atom is -0.406 e. The average Bonchev–Trinajstić information content (AvgIpc) is 3.11. The van der Waals surface area contributed by atoms with E-state index in [4.69, 9.17) is 4.42 Å². The molecule has 7 nitrogen and oxygen atoms in total. The standard InChI is InChI=1S/C19H24N6O/c1-13-5-6-14(2)17(16(13)11-20)25-9-7-15(8-10-25)18-22-23-19(26-18)21-12-24(3)4/h5-6,12,15H,7-10H2,1-4H3/b21-12+. The third kappa shape index (κ3) is 3.69. The number of aryl methyl sites for hydroxylation is 2. The minimum atomic E-state index is 0.234. The highest BCUT2D eigenvalue weighted by molar-refractivity contribution is 5.67. The molecule has 0 radical (unpaired) electrons. The highest BCUT2D eigenvalue weighted by atomic mass is 16.4. The molecule has 0 N–H and O–H groups in total. The van der Waals surface area contributed by atoms with Gasteiger partial charge in [-0.05, 0) is 37.8 Å². The summed E-state index contributed by atoms with van der Waals surface area (Å²) in [6.07, 6.45) is 3.47. The van der Waals surface area contributed by atoms with Gasteiger partial charge in [0, 0.05) is 33.1 Å². The number of piperidine rings is 1. The number of rotatable bonds is 4. The van der Waals surface area contributed by atoms with Crippen molar-refractivity contribution < 1.29 is 4.42 Å². The maximum atomic E-state index is 9.55. The molecule has 26 heavy (non-hydrogen) atoms. The summed E-state index contributed by atoms with van der Waals surface area (Å²) in [6, 6.07) is 6.76. The Bertz CT molecular complexity index is 840. The first-order valence-electron chi connectivity index (χ1n) is 8.79. The molecule has 2 aromatic rings. The number of aliphatic imine (C=N–C) groups is 1. The van der Waals surface area contributed by atoms with E-state index in [1.54, 1.807) is 6.34 Å². The second kappa shape index (κ2) is 7.56. The highest BCUT2D eigenvalue weighted by Gasteiger charge is 2.27. The Morgan fingerprint density at radius 3 is 2.58 bits per heavy atom. The minimum absolute atomic E-state index is 0.234. The molecular formula is C19H24N6O. The Morgan fingerprint density at radius 1 is 1.23 bits per heavy atom. The SMILES string of the molecule is Cc1ccc(C)c(N2CCC(c3nnc(/N=C/N(C)C)o3)CC2)c1C#N. The van der Waals surface area contributed by atoms with Gasteiger partial charge in [0.15, 0.2) is 0 Å². The quantitative estimate of drug-likeness (QED) is 0.621. The van der Waals surface area contributed by atoms with Crippen LogP contribution >= 0.6 is 0 Å². The molecule has 1 aromatic heterocycles. The van der Waals surface area contributed by atoms with Crippen LogP contribution in [-0.2, 0) is 0 Å². The largest absolute Gasteiger partial charge is 0.406 e. The molecule has 1 aliphatic rings. The molecule has 0 spiro atoms. The molecule has 7 heteroatoms. The van der Waals surface area contributed by atoms with Crippen LogP contribution in [-0.4, -0.2) is 48.6 Å². The molecule has 1 aliphatic heterocycles. The van der Waals surface area contributed by atoms with Crippen LogP contribution in [0.2, 0.25) is 0 Å². The zero-order chi connectivity index (χ0) is 18.7. The van der Waals surface area contributed by atoms with Gasteiger partial charge in [0.1, 0.15) is 6.07 Å². The second-order valence-corrected chi connectivity index (χ2v) is 6.93. The van der Waals surface area contributed by atoms with E-state index in [1.807, 2.05) is 32.0 Å². The van der Waals surface area contributed by atoms with Crippen LogP contribution in [0.15, 0.2) is 21.5 Å². The molecule has 1 aromatic carbocycles. The van der Waals surface area contributed by atoms with Gasteiger partial charge in [0.2, 0.25) is 5.89 Å². The van der Waals surface area contributed by atoms with Gasteiger partial charge in [-0.1, -0.05) is 17.2 Å². The van der Waals surface area contributed by atoms with E-state index in [0.29, 0.717) is 5.89 Å². The van der Waals surface area contributed by atoms with Crippen molar-refractivity contribution >= 4 is 18.0 Å². The van der Waals surface area contributed by atoms with E-state index in [-0.39, 0.29) is 11.9 Å². The lowest BCUT2D eigenvalue weighted by Gasteiger charge is -2.34. The third-order valence-corrected chi connectivity index (χ3v) is 4.69. The number of nitriles is 1. The molecule has 0 aliphatic carbocycles. The monoisotopic (exact) mass is 352 g/mol. The molecule has 1 saturated heterocycles. The maximum absolute atomic E-state index is 9.55. The van der Waals surface area contributed by atoms with E-state index >= 15 is 0 Å². The summed E-state index contributed by atoms with van der Waals surface area (Å²) < 4.78 is 5.68. The zero-order valence-electron chi connectivity index (χ0n) is 15.7. The normalized spacial score (nSPS) is 15.4. The van der Waals surface area contributed by atoms with Crippen molar-refractivity contribution in [3.8, 4) is 6.07 Å². The number of benzene rings is 1. The van der Waals surface area contributed by atoms with Gasteiger partial charge < -0.3 is 14.2 Å². The van der Waals surface area contributed by atoms with Crippen molar-refractivity contribution in [1.82, 2.24) is 15.1 Å². The summed E-state index contributed by atoms with van der Waals surface area (Å²) in [5.41, 5.74) is 4.01. The fourth-order valence-corrected chi connectivity index (χ4v) is 3.30. The van der Waals surface area contributed by atoms with Crippen LogP contribution < -0.4 is 4.90 Å². The van der Waals surface area contributed by atoms with Crippen molar-refractivity contribution in [3.63, 3.8) is 0 Å². The molecule has 0 bridgehead atoms. The van der Waals surface area contributed by atoms with E-state index in [2.05, 4.69) is 39.1 Å². The summed E-state index contributed by atoms with van der Waals surface area (Å²) in [6.45, 7) is 5.78. The predicted octanol–water partition coefficient (Wildman–Crippen LogP) is 3.16. The Hall–Kier alpha value is -2.88. The molecule has 2 heterocycles. The summed E-state index contributed by atoms with van der Waals surface area (Å²) in [5, 5.41) is 17.7. The van der Waals surface area contributed by atoms with E-state index < -0.39 is 0 Å². The second-order valence-electron chi connectivity index (χ2n) is 6.93. The summed E-state index contributed by atoms with van der Waals surface area (Å²) in [4.78, 5) is 8.27. The van der Waals surface area contributed by atoms with Crippen molar-refractivity contribution in [2.24, 2.45) is 4.99 Å². The molecule has 0 unspecified atom stereocenters. The first-order chi connectivity index (χ1) is 12.5. The van der Waals surface area contributed by atoms with Gasteiger partial charge in [0.05, 0.1) is 17.6 Å². The topological polar surface area (TPSA) is 81.6 Å². The van der Waals surface area contributed by atoms with Crippen molar-refractivity contribution in [3.05, 3.63) is 34.7 Å². The smallest absolute Gasteiger partial charge is 0.343 e. The van der Waals surface area contributed by atoms with Gasteiger partial charge in [-0.15, -0.1) is 5.10 Å². The average molecular weight is 352 g/mol. The number of anilines is 1. The molecule has 0 atom stereocenters. The van der Waals surface area contributed by atoms with Crippen LogP contribution in [0, 0.1) is 25.2 Å². The summed E-state index contributed by atoms with van der Waals surface area (Å²) in [7, 11) is 3.78. The predicted molar refractivity (Wildman–Crippen MR) is 101 cm³/mol. The maximum Gasteiger partial charge on any atom is 0.343 e. The molecule has 0 saturated carbocycles. The molecule has 1 fully saturated rings. The van der Waals surface area contributed by atoms with Crippen LogP contribution in [0.3, 0.4) is 0 Å². The zero-order valence-corrected chi connectivity index (χ0v) is 15.7. The number of aromatic nitrogens is 2. The fourth-order valence-electron chi connectivity index (χ4n) is 3.30. The molecule has 3 rings (SSSR count). The van der Waals surface area contributed by atoms with Crippen LogP contribution in [0.4, 0.5) is 11.7 Å². The Morgan fingerprint density at radius 2 is 1.92 bits per heavy atom. The van der Waals surface area contributed by atoms with Gasteiger partial charge in [-0.25, -0.2) is 0 Å². The van der Waals surface area contributed by atoms with Crippen molar-refractivity contribution in [1.29, 1.82) is 5.26 Å². The lowest BCUT2D eigenvalue weighted by Crippen LogP contribution is -2.34. The number of nitrogens with zero attached hydrogens (tertiary/aromatic N) is 6.